The normalized spacial score (nSPS) is 11.6. The van der Waals surface area contributed by atoms with Gasteiger partial charge < -0.3 is 19.7 Å². The van der Waals surface area contributed by atoms with Gasteiger partial charge in [-0.3, -0.25) is 9.59 Å². The number of carbonyl (C=O) groups is 2. The van der Waals surface area contributed by atoms with Crippen LogP contribution in [0.2, 0.25) is 10.0 Å². The van der Waals surface area contributed by atoms with Crippen LogP contribution in [0.15, 0.2) is 36.4 Å². The fourth-order valence-corrected chi connectivity index (χ4v) is 4.01. The van der Waals surface area contributed by atoms with Gasteiger partial charge in [-0.05, 0) is 54.7 Å². The fourth-order valence-electron chi connectivity index (χ4n) is 3.69. The number of rotatable bonds is 13. The molecule has 1 N–H and O–H groups in total. The van der Waals surface area contributed by atoms with Crippen LogP contribution >= 0.6 is 23.2 Å². The standard InChI is InChI=1S/C26H34Cl2N2O4/c1-5-7-14-29-26(32)22(6-2)30(17-19-8-11-20(27)21(28)15-19)25(31)13-10-18-9-12-23(33-3)24(16-18)34-4/h8-9,11-12,15-16,22H,5-7,10,13-14,17H2,1-4H3,(H,29,32). The molecule has 6 nitrogen and oxygen atoms in total. The van der Waals surface area contributed by atoms with Gasteiger partial charge in [0.25, 0.3) is 0 Å². The largest absolute Gasteiger partial charge is 0.493 e. The average Bonchev–Trinajstić information content (AvgIpc) is 2.84. The summed E-state index contributed by atoms with van der Waals surface area (Å²) in [5, 5.41) is 3.83. The minimum atomic E-state index is -0.579. The zero-order valence-electron chi connectivity index (χ0n) is 20.3. The lowest BCUT2D eigenvalue weighted by Gasteiger charge is -2.31. The van der Waals surface area contributed by atoms with E-state index in [0.29, 0.717) is 40.9 Å². The van der Waals surface area contributed by atoms with Crippen LogP contribution in [0.25, 0.3) is 0 Å². The number of methoxy groups -OCH3 is 2. The summed E-state index contributed by atoms with van der Waals surface area (Å²) >= 11 is 12.3. The number of amides is 2. The Morgan fingerprint density at radius 3 is 2.29 bits per heavy atom. The van der Waals surface area contributed by atoms with Crippen molar-refractivity contribution in [1.29, 1.82) is 0 Å². The van der Waals surface area contributed by atoms with E-state index >= 15 is 0 Å². The van der Waals surface area contributed by atoms with Crippen molar-refractivity contribution in [2.24, 2.45) is 0 Å². The SMILES string of the molecule is CCCCNC(=O)C(CC)N(Cc1ccc(Cl)c(Cl)c1)C(=O)CCc1ccc(OC)c(OC)c1. The molecule has 0 spiro atoms. The van der Waals surface area contributed by atoms with E-state index in [2.05, 4.69) is 12.2 Å². The Bertz CT molecular complexity index is 968. The highest BCUT2D eigenvalue weighted by Crippen LogP contribution is 2.28. The zero-order valence-corrected chi connectivity index (χ0v) is 21.8. The smallest absolute Gasteiger partial charge is 0.242 e. The minimum absolute atomic E-state index is 0.113. The predicted octanol–water partition coefficient (Wildman–Crippen LogP) is 5.67. The van der Waals surface area contributed by atoms with E-state index in [1.165, 1.54) is 0 Å². The number of benzene rings is 2. The second kappa shape index (κ2) is 14.1. The number of halogens is 2. The van der Waals surface area contributed by atoms with Gasteiger partial charge in [-0.1, -0.05) is 55.6 Å². The van der Waals surface area contributed by atoms with Gasteiger partial charge in [-0.15, -0.1) is 0 Å². The molecule has 0 bridgehead atoms. The van der Waals surface area contributed by atoms with Gasteiger partial charge in [0.2, 0.25) is 11.8 Å². The summed E-state index contributed by atoms with van der Waals surface area (Å²) in [6, 6.07) is 10.3. The van der Waals surface area contributed by atoms with Crippen molar-refractivity contribution < 1.29 is 19.1 Å². The second-order valence-electron chi connectivity index (χ2n) is 8.03. The van der Waals surface area contributed by atoms with Gasteiger partial charge in [0.05, 0.1) is 24.3 Å². The van der Waals surface area contributed by atoms with Crippen molar-refractivity contribution in [3.63, 3.8) is 0 Å². The first kappa shape index (κ1) is 27.8. The lowest BCUT2D eigenvalue weighted by molar-refractivity contribution is -0.141. The number of nitrogens with one attached hydrogen (secondary N) is 1. The second-order valence-corrected chi connectivity index (χ2v) is 8.84. The van der Waals surface area contributed by atoms with Crippen molar-refractivity contribution in [2.45, 2.75) is 58.5 Å². The quantitative estimate of drug-likeness (QED) is 0.354. The van der Waals surface area contributed by atoms with E-state index < -0.39 is 6.04 Å². The molecule has 0 saturated carbocycles. The van der Waals surface area contributed by atoms with Gasteiger partial charge in [0.15, 0.2) is 11.5 Å². The average molecular weight is 509 g/mol. The molecular weight excluding hydrogens is 475 g/mol. The first-order valence-electron chi connectivity index (χ1n) is 11.6. The van der Waals surface area contributed by atoms with Crippen molar-refractivity contribution in [3.05, 3.63) is 57.6 Å². The monoisotopic (exact) mass is 508 g/mol. The van der Waals surface area contributed by atoms with Crippen LogP contribution in [0, 0.1) is 0 Å². The molecule has 2 amide bonds. The lowest BCUT2D eigenvalue weighted by Crippen LogP contribution is -2.49. The number of nitrogens with zero attached hydrogens (tertiary/aromatic N) is 1. The highest BCUT2D eigenvalue weighted by atomic mass is 35.5. The molecule has 0 aliphatic carbocycles. The molecule has 1 unspecified atom stereocenters. The van der Waals surface area contributed by atoms with Crippen LogP contribution < -0.4 is 14.8 Å². The van der Waals surface area contributed by atoms with E-state index in [1.807, 2.05) is 31.2 Å². The Labute approximate surface area is 212 Å². The molecule has 2 rings (SSSR count). The van der Waals surface area contributed by atoms with Crippen LogP contribution in [0.3, 0.4) is 0 Å². The molecule has 0 aromatic heterocycles. The molecule has 0 aliphatic heterocycles. The van der Waals surface area contributed by atoms with Crippen LogP contribution in [0.5, 0.6) is 11.5 Å². The number of hydrogen-bond acceptors (Lipinski definition) is 4. The number of aryl methyl sites for hydroxylation is 1. The van der Waals surface area contributed by atoms with Crippen LogP contribution in [0.4, 0.5) is 0 Å². The fraction of sp³-hybridized carbons (Fsp3) is 0.462. The number of hydrogen-bond donors (Lipinski definition) is 1. The van der Waals surface area contributed by atoms with Crippen LogP contribution in [-0.2, 0) is 22.6 Å². The molecule has 0 heterocycles. The summed E-state index contributed by atoms with van der Waals surface area (Å²) in [6.07, 6.45) is 3.12. The molecule has 2 aromatic rings. The summed E-state index contributed by atoms with van der Waals surface area (Å²) in [4.78, 5) is 28.0. The third-order valence-electron chi connectivity index (χ3n) is 5.63. The van der Waals surface area contributed by atoms with Gasteiger partial charge in [0.1, 0.15) is 6.04 Å². The molecule has 1 atom stereocenters. The van der Waals surface area contributed by atoms with Crippen molar-refractivity contribution in [2.75, 3.05) is 20.8 Å². The molecule has 2 aromatic carbocycles. The number of ether oxygens (including phenoxy) is 2. The minimum Gasteiger partial charge on any atom is -0.493 e. The molecule has 0 saturated heterocycles. The first-order chi connectivity index (χ1) is 16.3. The van der Waals surface area contributed by atoms with E-state index in [9.17, 15) is 9.59 Å². The molecule has 0 aliphatic rings. The van der Waals surface area contributed by atoms with Crippen molar-refractivity contribution in [3.8, 4) is 11.5 Å². The predicted molar refractivity (Wildman–Crippen MR) is 137 cm³/mol. The van der Waals surface area contributed by atoms with Gasteiger partial charge in [-0.2, -0.15) is 0 Å². The zero-order chi connectivity index (χ0) is 25.1. The Morgan fingerprint density at radius 2 is 1.68 bits per heavy atom. The molecule has 0 radical (unpaired) electrons. The van der Waals surface area contributed by atoms with Crippen molar-refractivity contribution in [1.82, 2.24) is 10.2 Å². The summed E-state index contributed by atoms with van der Waals surface area (Å²) < 4.78 is 10.7. The highest BCUT2D eigenvalue weighted by Gasteiger charge is 2.28. The van der Waals surface area contributed by atoms with E-state index in [1.54, 1.807) is 31.3 Å². The Hall–Kier alpha value is -2.44. The third-order valence-corrected chi connectivity index (χ3v) is 6.37. The number of carbonyl (C=O) groups excluding carboxylic acids is 2. The molecule has 0 fully saturated rings. The van der Waals surface area contributed by atoms with Gasteiger partial charge in [-0.25, -0.2) is 0 Å². The van der Waals surface area contributed by atoms with Crippen LogP contribution in [0.1, 0.15) is 50.7 Å². The van der Waals surface area contributed by atoms with Gasteiger partial charge in [0, 0.05) is 19.5 Å². The molecule has 34 heavy (non-hydrogen) atoms. The topological polar surface area (TPSA) is 67.9 Å². The Morgan fingerprint density at radius 1 is 0.971 bits per heavy atom. The van der Waals surface area contributed by atoms with E-state index in [0.717, 1.165) is 24.0 Å². The maximum absolute atomic E-state index is 13.4. The number of unbranched alkanes of at least 4 members (excludes halogenated alkanes) is 1. The highest BCUT2D eigenvalue weighted by molar-refractivity contribution is 6.42. The first-order valence-corrected chi connectivity index (χ1v) is 12.3. The Kier molecular flexibility index (Phi) is 11.5. The maximum Gasteiger partial charge on any atom is 0.242 e. The van der Waals surface area contributed by atoms with Crippen LogP contribution in [-0.4, -0.2) is 43.5 Å². The molecule has 8 heteroatoms. The summed E-state index contributed by atoms with van der Waals surface area (Å²) in [6.45, 7) is 4.83. The van der Waals surface area contributed by atoms with Gasteiger partial charge >= 0.3 is 0 Å². The van der Waals surface area contributed by atoms with Crippen molar-refractivity contribution >= 4 is 35.0 Å². The van der Waals surface area contributed by atoms with E-state index in [-0.39, 0.29) is 24.8 Å². The van der Waals surface area contributed by atoms with E-state index in [4.69, 9.17) is 32.7 Å². The lowest BCUT2D eigenvalue weighted by atomic mass is 10.1. The third kappa shape index (κ3) is 7.81. The maximum atomic E-state index is 13.4. The summed E-state index contributed by atoms with van der Waals surface area (Å²) in [5.74, 6) is 0.990. The summed E-state index contributed by atoms with van der Waals surface area (Å²) in [5.41, 5.74) is 1.76. The molecular formula is C26H34Cl2N2O4. The Balaban J connectivity index is 2.23. The molecule has 186 valence electrons. The summed E-state index contributed by atoms with van der Waals surface area (Å²) in [7, 11) is 3.16.